The van der Waals surface area contributed by atoms with Crippen LogP contribution in [0.3, 0.4) is 0 Å². The molecule has 0 amide bonds. The van der Waals surface area contributed by atoms with Crippen molar-refractivity contribution in [2.24, 2.45) is 0 Å². The quantitative estimate of drug-likeness (QED) is 0.326. The van der Waals surface area contributed by atoms with Crippen molar-refractivity contribution in [2.45, 2.75) is 18.0 Å². The Morgan fingerprint density at radius 3 is 2.00 bits per heavy atom. The Morgan fingerprint density at radius 2 is 1.75 bits per heavy atom. The van der Waals surface area contributed by atoms with E-state index in [1.807, 2.05) is 0 Å². The summed E-state index contributed by atoms with van der Waals surface area (Å²) in [5.41, 5.74) is -8.58. The number of carbonyl (C=O) groups is 1. The summed E-state index contributed by atoms with van der Waals surface area (Å²) in [7, 11) is -5.31. The second-order valence-corrected chi connectivity index (χ2v) is 4.38. The van der Waals surface area contributed by atoms with Crippen molar-refractivity contribution < 1.29 is 39.7 Å². The number of ether oxygens (including phenoxy) is 1. The Kier molecular flexibility index (Phi) is 4.28. The van der Waals surface area contributed by atoms with Gasteiger partial charge in [-0.3, -0.25) is 0 Å². The SMILES string of the molecule is COC(=O)C(C)(CF)OS(=O)(=O)C(F)(F)F. The van der Waals surface area contributed by atoms with Crippen molar-refractivity contribution in [1.82, 2.24) is 0 Å². The fourth-order valence-electron chi connectivity index (χ4n) is 0.616. The molecular weight excluding hydrogens is 260 g/mol. The van der Waals surface area contributed by atoms with E-state index in [1.165, 1.54) is 0 Å². The molecule has 0 aromatic rings. The van der Waals surface area contributed by atoms with Crippen molar-refractivity contribution in [3.63, 3.8) is 0 Å². The van der Waals surface area contributed by atoms with E-state index in [-0.39, 0.29) is 0 Å². The van der Waals surface area contributed by atoms with Gasteiger partial charge in [-0.25, -0.2) is 13.4 Å². The predicted octanol–water partition coefficient (Wildman–Crippen LogP) is 0.754. The maximum atomic E-state index is 12.3. The minimum Gasteiger partial charge on any atom is -0.467 e. The van der Waals surface area contributed by atoms with Gasteiger partial charge in [0.05, 0.1) is 7.11 Å². The lowest BCUT2D eigenvalue weighted by molar-refractivity contribution is -0.160. The van der Waals surface area contributed by atoms with Crippen LogP contribution >= 0.6 is 0 Å². The van der Waals surface area contributed by atoms with E-state index in [0.29, 0.717) is 6.92 Å². The average molecular weight is 268 g/mol. The molecule has 5 nitrogen and oxygen atoms in total. The maximum absolute atomic E-state index is 12.3. The third-order valence-electron chi connectivity index (χ3n) is 1.45. The molecule has 0 saturated heterocycles. The van der Waals surface area contributed by atoms with Crippen LogP contribution in [0.25, 0.3) is 0 Å². The van der Waals surface area contributed by atoms with Crippen LogP contribution in [0.5, 0.6) is 0 Å². The Labute approximate surface area is 88.4 Å². The molecule has 1 unspecified atom stereocenters. The number of alkyl halides is 4. The first-order chi connectivity index (χ1) is 7.00. The van der Waals surface area contributed by atoms with Crippen LogP contribution in [0.4, 0.5) is 17.6 Å². The number of esters is 1. The van der Waals surface area contributed by atoms with Crippen LogP contribution < -0.4 is 0 Å². The van der Waals surface area contributed by atoms with Crippen LogP contribution in [0.15, 0.2) is 0 Å². The van der Waals surface area contributed by atoms with E-state index in [2.05, 4.69) is 8.92 Å². The molecule has 1 atom stereocenters. The fraction of sp³-hybridized carbons (Fsp3) is 0.833. The van der Waals surface area contributed by atoms with Crippen molar-refractivity contribution in [3.8, 4) is 0 Å². The van der Waals surface area contributed by atoms with E-state index in [0.717, 1.165) is 7.11 Å². The molecule has 0 aromatic carbocycles. The highest BCUT2D eigenvalue weighted by Gasteiger charge is 2.53. The first-order valence-corrected chi connectivity index (χ1v) is 5.07. The number of halogens is 4. The van der Waals surface area contributed by atoms with E-state index < -0.39 is 33.9 Å². The Hall–Kier alpha value is -0.900. The zero-order valence-corrected chi connectivity index (χ0v) is 8.98. The first-order valence-electron chi connectivity index (χ1n) is 3.66. The number of carbonyl (C=O) groups excluding carboxylic acids is 1. The van der Waals surface area contributed by atoms with Crippen LogP contribution in [-0.4, -0.2) is 39.3 Å². The molecule has 16 heavy (non-hydrogen) atoms. The lowest BCUT2D eigenvalue weighted by atomic mass is 10.1. The monoisotopic (exact) mass is 268 g/mol. The van der Waals surface area contributed by atoms with Gasteiger partial charge in [-0.2, -0.15) is 21.6 Å². The van der Waals surface area contributed by atoms with Crippen LogP contribution in [-0.2, 0) is 23.8 Å². The van der Waals surface area contributed by atoms with Gasteiger partial charge in [-0.15, -0.1) is 0 Å². The lowest BCUT2D eigenvalue weighted by Crippen LogP contribution is -2.46. The second-order valence-electron chi connectivity index (χ2n) is 2.84. The van der Waals surface area contributed by atoms with Gasteiger partial charge in [0.2, 0.25) is 5.60 Å². The molecule has 96 valence electrons. The summed E-state index contributed by atoms with van der Waals surface area (Å²) >= 11 is 0. The van der Waals surface area contributed by atoms with Crippen molar-refractivity contribution in [1.29, 1.82) is 0 Å². The zero-order valence-electron chi connectivity index (χ0n) is 8.17. The summed E-state index contributed by atoms with van der Waals surface area (Å²) < 4.78 is 76.4. The number of hydrogen-bond acceptors (Lipinski definition) is 5. The number of hydrogen-bond donors (Lipinski definition) is 0. The molecular formula is C6H8F4O5S. The summed E-state index contributed by atoms with van der Waals surface area (Å²) in [6, 6.07) is 0. The summed E-state index contributed by atoms with van der Waals surface area (Å²) in [6.45, 7) is -1.25. The van der Waals surface area contributed by atoms with E-state index in [1.54, 1.807) is 0 Å². The fourth-order valence-corrected chi connectivity index (χ4v) is 1.31. The summed E-state index contributed by atoms with van der Waals surface area (Å²) in [5, 5.41) is 0. The highest BCUT2D eigenvalue weighted by molar-refractivity contribution is 7.87. The highest BCUT2D eigenvalue weighted by Crippen LogP contribution is 2.29. The molecule has 10 heteroatoms. The topological polar surface area (TPSA) is 69.7 Å². The smallest absolute Gasteiger partial charge is 0.467 e. The standard InChI is InChI=1S/C6H8F4O5S/c1-5(3-7,4(11)14-2)15-16(12,13)6(8,9)10/h3H2,1-2H3. The van der Waals surface area contributed by atoms with Gasteiger partial charge in [0.15, 0.2) is 0 Å². The van der Waals surface area contributed by atoms with E-state index in [4.69, 9.17) is 0 Å². The normalized spacial score (nSPS) is 16.6. The largest absolute Gasteiger partial charge is 0.523 e. The first kappa shape index (κ1) is 15.1. The van der Waals surface area contributed by atoms with Crippen molar-refractivity contribution >= 4 is 16.1 Å². The molecule has 0 spiro atoms. The highest BCUT2D eigenvalue weighted by atomic mass is 32.2. The van der Waals surface area contributed by atoms with E-state index >= 15 is 0 Å². The molecule has 0 N–H and O–H groups in total. The van der Waals surface area contributed by atoms with Gasteiger partial charge in [0, 0.05) is 0 Å². The Balaban J connectivity index is 5.16. The van der Waals surface area contributed by atoms with Gasteiger partial charge >= 0.3 is 21.6 Å². The average Bonchev–Trinajstić information content (AvgIpc) is 2.13. The van der Waals surface area contributed by atoms with Crippen LogP contribution in [0.1, 0.15) is 6.92 Å². The number of rotatable bonds is 4. The van der Waals surface area contributed by atoms with Crippen LogP contribution in [0, 0.1) is 0 Å². The minimum absolute atomic E-state index is 0.530. The molecule has 0 saturated carbocycles. The maximum Gasteiger partial charge on any atom is 0.523 e. The van der Waals surface area contributed by atoms with Gasteiger partial charge in [-0.1, -0.05) is 0 Å². The molecule has 0 aliphatic rings. The van der Waals surface area contributed by atoms with Crippen molar-refractivity contribution in [2.75, 3.05) is 13.8 Å². The summed E-state index contributed by atoms with van der Waals surface area (Å²) in [6.07, 6.45) is 0. The lowest BCUT2D eigenvalue weighted by Gasteiger charge is -2.23. The zero-order chi connectivity index (χ0) is 13.2. The molecule has 0 heterocycles. The Morgan fingerprint density at radius 1 is 1.31 bits per heavy atom. The molecule has 0 radical (unpaired) electrons. The van der Waals surface area contributed by atoms with Gasteiger partial charge < -0.3 is 4.74 Å². The molecule has 0 aliphatic carbocycles. The molecule has 0 rings (SSSR count). The van der Waals surface area contributed by atoms with Gasteiger partial charge in [0.1, 0.15) is 6.67 Å². The van der Waals surface area contributed by atoms with Crippen LogP contribution in [0.2, 0.25) is 0 Å². The molecule has 0 bridgehead atoms. The molecule has 0 aliphatic heterocycles. The third-order valence-corrected chi connectivity index (χ3v) is 2.60. The predicted molar refractivity (Wildman–Crippen MR) is 42.5 cm³/mol. The summed E-state index contributed by atoms with van der Waals surface area (Å²) in [4.78, 5) is 10.9. The number of methoxy groups -OCH3 is 1. The van der Waals surface area contributed by atoms with Gasteiger partial charge in [0.25, 0.3) is 0 Å². The second kappa shape index (κ2) is 4.53. The van der Waals surface area contributed by atoms with Gasteiger partial charge in [-0.05, 0) is 6.92 Å². The summed E-state index contributed by atoms with van der Waals surface area (Å²) in [5.74, 6) is -1.57. The van der Waals surface area contributed by atoms with E-state index in [9.17, 15) is 30.8 Å². The third kappa shape index (κ3) is 3.04. The molecule has 0 aromatic heterocycles. The Bertz CT molecular complexity index is 362. The van der Waals surface area contributed by atoms with Crippen molar-refractivity contribution in [3.05, 3.63) is 0 Å². The molecule has 0 fully saturated rings. The minimum atomic E-state index is -6.06.